The van der Waals surface area contributed by atoms with E-state index in [1.54, 1.807) is 12.1 Å². The summed E-state index contributed by atoms with van der Waals surface area (Å²) in [4.78, 5) is 8.04. The average molecular weight is 259 g/mol. The Labute approximate surface area is 107 Å². The van der Waals surface area contributed by atoms with Crippen LogP contribution in [-0.2, 0) is 0 Å². The van der Waals surface area contributed by atoms with Gasteiger partial charge >= 0.3 is 0 Å². The van der Waals surface area contributed by atoms with Crippen molar-refractivity contribution in [3.63, 3.8) is 0 Å². The Kier molecular flexibility index (Phi) is 2.60. The molecule has 19 heavy (non-hydrogen) atoms. The maximum atomic E-state index is 9.87. The molecule has 0 aliphatic heterocycles. The predicted molar refractivity (Wildman–Crippen MR) is 63.3 cm³/mol. The average Bonchev–Trinajstić information content (AvgIpc) is 3.09. The number of nitrogens with zero attached hydrogens (tertiary/aromatic N) is 4. The number of ether oxygens (including phenoxy) is 1. The van der Waals surface area contributed by atoms with Crippen LogP contribution >= 0.6 is 0 Å². The summed E-state index contributed by atoms with van der Waals surface area (Å²) in [5, 5.41) is 19.9. The fraction of sp³-hybridized carbons (Fsp3) is 0.0909. The lowest BCUT2D eigenvalue weighted by atomic mass is 10.2. The van der Waals surface area contributed by atoms with Crippen molar-refractivity contribution in [2.75, 3.05) is 7.11 Å². The van der Waals surface area contributed by atoms with Gasteiger partial charge in [-0.05, 0) is 12.1 Å². The number of nitrogens with one attached hydrogen (secondary N) is 1. The maximum Gasteiger partial charge on any atom is 0.262 e. The summed E-state index contributed by atoms with van der Waals surface area (Å²) in [5.41, 5.74) is 0.416. The summed E-state index contributed by atoms with van der Waals surface area (Å²) in [6.45, 7) is 0. The Morgan fingerprint density at radius 3 is 2.95 bits per heavy atom. The molecule has 2 N–H and O–H groups in total. The van der Waals surface area contributed by atoms with Crippen LogP contribution in [0.1, 0.15) is 0 Å². The van der Waals surface area contributed by atoms with Crippen molar-refractivity contribution in [2.45, 2.75) is 0 Å². The lowest BCUT2D eigenvalue weighted by molar-refractivity contribution is 0.405. The van der Waals surface area contributed by atoms with Crippen molar-refractivity contribution in [1.82, 2.24) is 25.3 Å². The first kappa shape index (κ1) is 11.2. The minimum Gasteiger partial charge on any atom is -0.507 e. The molecule has 0 aliphatic rings. The lowest BCUT2D eigenvalue weighted by Crippen LogP contribution is -1.85. The number of phenolic OH excluding ortho intramolecular Hbond substituents is 1. The van der Waals surface area contributed by atoms with Gasteiger partial charge in [-0.25, -0.2) is 4.98 Å². The zero-order chi connectivity index (χ0) is 13.2. The molecule has 0 atom stereocenters. The van der Waals surface area contributed by atoms with Crippen LogP contribution in [0.4, 0.5) is 0 Å². The molecule has 0 fully saturated rings. The van der Waals surface area contributed by atoms with E-state index in [2.05, 4.69) is 25.3 Å². The van der Waals surface area contributed by atoms with E-state index in [1.165, 1.54) is 19.5 Å². The minimum absolute atomic E-state index is 0.00730. The Bertz CT molecular complexity index is 692. The Morgan fingerprint density at radius 1 is 1.37 bits per heavy atom. The van der Waals surface area contributed by atoms with Gasteiger partial charge in [0.05, 0.1) is 12.7 Å². The second-order valence-electron chi connectivity index (χ2n) is 3.64. The quantitative estimate of drug-likeness (QED) is 0.727. The van der Waals surface area contributed by atoms with E-state index in [1.807, 2.05) is 0 Å². The first-order chi connectivity index (χ1) is 9.28. The predicted octanol–water partition coefficient (Wildman–Crippen LogP) is 1.24. The Morgan fingerprint density at radius 2 is 2.26 bits per heavy atom. The first-order valence-corrected chi connectivity index (χ1v) is 5.35. The fourth-order valence-corrected chi connectivity index (χ4v) is 1.56. The number of H-pyrrole nitrogens is 1. The van der Waals surface area contributed by atoms with E-state index in [9.17, 15) is 5.11 Å². The summed E-state index contributed by atoms with van der Waals surface area (Å²) >= 11 is 0. The molecular weight excluding hydrogens is 250 g/mol. The number of hydrogen-bond donors (Lipinski definition) is 2. The lowest BCUT2D eigenvalue weighted by Gasteiger charge is -2.02. The minimum atomic E-state index is -0.00730. The van der Waals surface area contributed by atoms with E-state index in [0.717, 1.165) is 0 Å². The molecule has 96 valence electrons. The van der Waals surface area contributed by atoms with Gasteiger partial charge in [-0.2, -0.15) is 10.1 Å². The third-order valence-electron chi connectivity index (χ3n) is 2.49. The number of aromatic hydroxyl groups is 1. The largest absolute Gasteiger partial charge is 0.507 e. The van der Waals surface area contributed by atoms with Crippen molar-refractivity contribution in [1.29, 1.82) is 0 Å². The van der Waals surface area contributed by atoms with Crippen LogP contribution in [0.3, 0.4) is 0 Å². The third-order valence-corrected chi connectivity index (χ3v) is 2.49. The second-order valence-corrected chi connectivity index (χ2v) is 3.64. The van der Waals surface area contributed by atoms with Crippen LogP contribution < -0.4 is 4.74 Å². The van der Waals surface area contributed by atoms with Gasteiger partial charge in [-0.1, -0.05) is 5.16 Å². The number of rotatable bonds is 3. The maximum absolute atomic E-state index is 9.87. The molecular formula is C11H9N5O3. The van der Waals surface area contributed by atoms with Crippen molar-refractivity contribution >= 4 is 0 Å². The molecule has 8 nitrogen and oxygen atoms in total. The standard InChI is InChI=1S/C11H9N5O3/c1-18-6-2-3-7(8(17)4-6)11-14-10(16-19-11)9-12-5-13-15-9/h2-5,17H,1H3,(H,12,13,15). The van der Waals surface area contributed by atoms with Gasteiger partial charge in [-0.15, -0.1) is 0 Å². The van der Waals surface area contributed by atoms with Gasteiger partial charge in [0.2, 0.25) is 5.82 Å². The highest BCUT2D eigenvalue weighted by atomic mass is 16.5. The van der Waals surface area contributed by atoms with Gasteiger partial charge in [0.25, 0.3) is 5.89 Å². The number of hydrogen-bond acceptors (Lipinski definition) is 7. The van der Waals surface area contributed by atoms with Crippen LogP contribution in [-0.4, -0.2) is 37.5 Å². The summed E-state index contributed by atoms with van der Waals surface area (Å²) in [6.07, 6.45) is 1.34. The molecule has 2 heterocycles. The molecule has 0 amide bonds. The van der Waals surface area contributed by atoms with Gasteiger partial charge in [-0.3, -0.25) is 5.10 Å². The van der Waals surface area contributed by atoms with E-state index >= 15 is 0 Å². The monoisotopic (exact) mass is 259 g/mol. The number of aromatic amines is 1. The highest BCUT2D eigenvalue weighted by molar-refractivity contribution is 5.65. The highest BCUT2D eigenvalue weighted by Gasteiger charge is 2.15. The third kappa shape index (κ3) is 1.99. The van der Waals surface area contributed by atoms with E-state index < -0.39 is 0 Å². The molecule has 0 aliphatic carbocycles. The summed E-state index contributed by atoms with van der Waals surface area (Å²) < 4.78 is 10.1. The van der Waals surface area contributed by atoms with Crippen molar-refractivity contribution in [3.05, 3.63) is 24.5 Å². The Balaban J connectivity index is 1.99. The van der Waals surface area contributed by atoms with Crippen LogP contribution in [0.2, 0.25) is 0 Å². The van der Waals surface area contributed by atoms with Gasteiger partial charge in [0.1, 0.15) is 17.8 Å². The van der Waals surface area contributed by atoms with Gasteiger partial charge in [0.15, 0.2) is 5.82 Å². The van der Waals surface area contributed by atoms with E-state index in [4.69, 9.17) is 9.26 Å². The summed E-state index contributed by atoms with van der Waals surface area (Å²) in [7, 11) is 1.52. The molecule has 0 saturated heterocycles. The molecule has 2 aromatic heterocycles. The number of methoxy groups -OCH3 is 1. The van der Waals surface area contributed by atoms with Crippen LogP contribution in [0, 0.1) is 0 Å². The molecule has 8 heteroatoms. The normalized spacial score (nSPS) is 10.6. The second kappa shape index (κ2) is 4.41. The molecule has 0 spiro atoms. The number of aromatic nitrogens is 5. The summed E-state index contributed by atoms with van der Waals surface area (Å²) in [6, 6.07) is 4.78. The van der Waals surface area contributed by atoms with E-state index in [-0.39, 0.29) is 17.5 Å². The molecule has 3 rings (SSSR count). The first-order valence-electron chi connectivity index (χ1n) is 5.35. The molecule has 0 radical (unpaired) electrons. The van der Waals surface area contributed by atoms with Crippen LogP contribution in [0.5, 0.6) is 11.5 Å². The van der Waals surface area contributed by atoms with Crippen molar-refractivity contribution < 1.29 is 14.4 Å². The zero-order valence-corrected chi connectivity index (χ0v) is 9.86. The number of phenols is 1. The fourth-order valence-electron chi connectivity index (χ4n) is 1.56. The number of benzene rings is 1. The zero-order valence-electron chi connectivity index (χ0n) is 9.86. The summed E-state index contributed by atoms with van der Waals surface area (Å²) in [5.74, 6) is 1.38. The van der Waals surface area contributed by atoms with Crippen LogP contribution in [0.15, 0.2) is 29.0 Å². The molecule has 1 aromatic carbocycles. The van der Waals surface area contributed by atoms with Crippen molar-refractivity contribution in [3.8, 4) is 34.6 Å². The molecule has 0 unspecified atom stereocenters. The molecule has 0 saturated carbocycles. The molecule has 0 bridgehead atoms. The highest BCUT2D eigenvalue weighted by Crippen LogP contribution is 2.31. The topological polar surface area (TPSA) is 110 Å². The van der Waals surface area contributed by atoms with Crippen LogP contribution in [0.25, 0.3) is 23.1 Å². The molecule has 3 aromatic rings. The SMILES string of the molecule is COc1ccc(-c2nc(-c3ncn[nH]3)no2)c(O)c1. The van der Waals surface area contributed by atoms with Crippen molar-refractivity contribution in [2.24, 2.45) is 0 Å². The van der Waals surface area contributed by atoms with E-state index in [0.29, 0.717) is 17.1 Å². The van der Waals surface area contributed by atoms with Gasteiger partial charge < -0.3 is 14.4 Å². The van der Waals surface area contributed by atoms with Gasteiger partial charge in [0, 0.05) is 6.07 Å². The Hall–Kier alpha value is -2.90. The smallest absolute Gasteiger partial charge is 0.262 e.